The number of hydrogen-bond acceptors (Lipinski definition) is 2. The smallest absolute Gasteiger partial charge is 0.139 e. The summed E-state index contributed by atoms with van der Waals surface area (Å²) in [5.74, 6) is 0.245. The van der Waals surface area contributed by atoms with E-state index in [9.17, 15) is 0 Å². The van der Waals surface area contributed by atoms with Crippen LogP contribution in [0.25, 0.3) is 0 Å². The van der Waals surface area contributed by atoms with Crippen LogP contribution in [-0.2, 0) is 6.42 Å². The number of nitrogens with zero attached hydrogens (tertiary/aromatic N) is 1. The van der Waals surface area contributed by atoms with Crippen LogP contribution in [0.2, 0.25) is 5.02 Å². The van der Waals surface area contributed by atoms with Crippen molar-refractivity contribution in [1.29, 1.82) is 0 Å². The zero-order valence-electron chi connectivity index (χ0n) is 7.07. The molecule has 0 spiro atoms. The van der Waals surface area contributed by atoms with Gasteiger partial charge in [0, 0.05) is 11.4 Å². The van der Waals surface area contributed by atoms with Gasteiger partial charge in [0.1, 0.15) is 5.84 Å². The Kier molecular flexibility index (Phi) is 3.58. The summed E-state index contributed by atoms with van der Waals surface area (Å²) in [5, 5.41) is 11.9. The Hall–Kier alpha value is -1.22. The van der Waals surface area contributed by atoms with E-state index in [2.05, 4.69) is 5.16 Å². The van der Waals surface area contributed by atoms with Gasteiger partial charge >= 0.3 is 0 Å². The number of amidine groups is 1. The van der Waals surface area contributed by atoms with Gasteiger partial charge in [-0.3, -0.25) is 0 Å². The maximum Gasteiger partial charge on any atom is 0.139 e. The van der Waals surface area contributed by atoms with Crippen LogP contribution >= 0.6 is 11.6 Å². The van der Waals surface area contributed by atoms with E-state index in [1.54, 1.807) is 0 Å². The third-order valence-corrected chi connectivity index (χ3v) is 1.96. The van der Waals surface area contributed by atoms with Crippen molar-refractivity contribution in [3.05, 3.63) is 34.9 Å². The quantitative estimate of drug-likeness (QED) is 0.338. The highest BCUT2D eigenvalue weighted by atomic mass is 35.5. The van der Waals surface area contributed by atoms with Crippen molar-refractivity contribution in [2.45, 2.75) is 12.8 Å². The van der Waals surface area contributed by atoms with Gasteiger partial charge < -0.3 is 10.9 Å². The van der Waals surface area contributed by atoms with Crippen LogP contribution in [-0.4, -0.2) is 11.0 Å². The van der Waals surface area contributed by atoms with Crippen LogP contribution in [0.1, 0.15) is 12.0 Å². The highest BCUT2D eigenvalue weighted by Crippen LogP contribution is 2.10. The largest absolute Gasteiger partial charge is 0.409 e. The molecule has 0 radical (unpaired) electrons. The molecule has 3 nitrogen and oxygen atoms in total. The Bertz CT molecular complexity index is 295. The number of oxime groups is 1. The summed E-state index contributed by atoms with van der Waals surface area (Å²) in [4.78, 5) is 0. The molecule has 0 amide bonds. The summed E-state index contributed by atoms with van der Waals surface area (Å²) in [6.07, 6.45) is 1.31. The molecule has 4 heteroatoms. The van der Waals surface area contributed by atoms with Crippen molar-refractivity contribution in [3.63, 3.8) is 0 Å². The fourth-order valence-corrected chi connectivity index (χ4v) is 1.10. The summed E-state index contributed by atoms with van der Waals surface area (Å²) in [6, 6.07) is 7.49. The first kappa shape index (κ1) is 9.86. The molecule has 0 saturated carbocycles. The average Bonchev–Trinajstić information content (AvgIpc) is 2.16. The molecule has 0 atom stereocenters. The molecule has 0 aromatic heterocycles. The Labute approximate surface area is 81.8 Å². The van der Waals surface area contributed by atoms with Gasteiger partial charge in [-0.25, -0.2) is 0 Å². The number of hydrogen-bond donors (Lipinski definition) is 2. The van der Waals surface area contributed by atoms with Crippen LogP contribution in [0.4, 0.5) is 0 Å². The first-order valence-corrected chi connectivity index (χ1v) is 4.31. The fraction of sp³-hybridized carbons (Fsp3) is 0.222. The number of benzene rings is 1. The Morgan fingerprint density at radius 3 is 2.54 bits per heavy atom. The molecular weight excluding hydrogens is 188 g/mol. The third-order valence-electron chi connectivity index (χ3n) is 1.71. The van der Waals surface area contributed by atoms with Crippen molar-refractivity contribution < 1.29 is 5.21 Å². The lowest BCUT2D eigenvalue weighted by atomic mass is 10.1. The minimum Gasteiger partial charge on any atom is -0.409 e. The van der Waals surface area contributed by atoms with Crippen molar-refractivity contribution >= 4 is 17.4 Å². The molecular formula is C9H11ClN2O. The predicted octanol–water partition coefficient (Wildman–Crippen LogP) is 2.02. The molecule has 0 aliphatic heterocycles. The fourth-order valence-electron chi connectivity index (χ4n) is 0.973. The van der Waals surface area contributed by atoms with Gasteiger partial charge in [-0.1, -0.05) is 28.9 Å². The van der Waals surface area contributed by atoms with Crippen LogP contribution in [0.5, 0.6) is 0 Å². The molecule has 0 aliphatic carbocycles. The van der Waals surface area contributed by atoms with E-state index in [0.717, 1.165) is 12.0 Å². The maximum absolute atomic E-state index is 8.30. The number of halogens is 1. The molecule has 1 aromatic carbocycles. The Balaban J connectivity index is 2.51. The van der Waals surface area contributed by atoms with Crippen molar-refractivity contribution in [1.82, 2.24) is 0 Å². The molecule has 1 aromatic rings. The van der Waals surface area contributed by atoms with E-state index < -0.39 is 0 Å². The normalized spacial score (nSPS) is 11.6. The summed E-state index contributed by atoms with van der Waals surface area (Å²) in [7, 11) is 0. The summed E-state index contributed by atoms with van der Waals surface area (Å²) < 4.78 is 0. The van der Waals surface area contributed by atoms with E-state index in [-0.39, 0.29) is 5.84 Å². The Morgan fingerprint density at radius 2 is 2.00 bits per heavy atom. The number of rotatable bonds is 3. The van der Waals surface area contributed by atoms with Crippen LogP contribution in [0.3, 0.4) is 0 Å². The molecule has 0 aliphatic rings. The molecule has 1 rings (SSSR count). The lowest BCUT2D eigenvalue weighted by Gasteiger charge is -1.99. The molecule has 13 heavy (non-hydrogen) atoms. The molecule has 0 fully saturated rings. The second-order valence-corrected chi connectivity index (χ2v) is 3.15. The predicted molar refractivity (Wildman–Crippen MR) is 53.2 cm³/mol. The minimum atomic E-state index is 0.245. The summed E-state index contributed by atoms with van der Waals surface area (Å²) >= 11 is 5.71. The lowest BCUT2D eigenvalue weighted by Crippen LogP contribution is -2.12. The zero-order chi connectivity index (χ0) is 9.68. The average molecular weight is 199 g/mol. The highest BCUT2D eigenvalue weighted by Gasteiger charge is 1.96. The van der Waals surface area contributed by atoms with Gasteiger partial charge in [0.2, 0.25) is 0 Å². The summed E-state index contributed by atoms with van der Waals surface area (Å²) in [5.41, 5.74) is 6.45. The van der Waals surface area contributed by atoms with Crippen molar-refractivity contribution in [2.24, 2.45) is 10.9 Å². The molecule has 0 saturated heterocycles. The molecule has 70 valence electrons. The van der Waals surface area contributed by atoms with Gasteiger partial charge in [0.15, 0.2) is 0 Å². The molecule has 0 heterocycles. The highest BCUT2D eigenvalue weighted by molar-refractivity contribution is 6.30. The number of aryl methyl sites for hydroxylation is 1. The topological polar surface area (TPSA) is 58.6 Å². The van der Waals surface area contributed by atoms with E-state index in [0.29, 0.717) is 11.4 Å². The van der Waals surface area contributed by atoms with E-state index in [4.69, 9.17) is 22.5 Å². The molecule has 0 unspecified atom stereocenters. The minimum absolute atomic E-state index is 0.245. The standard InChI is InChI=1S/C9H11ClN2O/c10-8-4-1-7(2-5-8)3-6-9(11)12-13/h1-2,4-5,13H,3,6H2,(H2,11,12). The SMILES string of the molecule is NC(CCc1ccc(Cl)cc1)=NO. The second kappa shape index (κ2) is 4.72. The van der Waals surface area contributed by atoms with Crippen molar-refractivity contribution in [3.8, 4) is 0 Å². The maximum atomic E-state index is 8.30. The van der Waals surface area contributed by atoms with Crippen LogP contribution in [0, 0.1) is 0 Å². The van der Waals surface area contributed by atoms with Crippen LogP contribution < -0.4 is 5.73 Å². The van der Waals surface area contributed by atoms with Crippen LogP contribution in [0.15, 0.2) is 29.4 Å². The van der Waals surface area contributed by atoms with Gasteiger partial charge in [0.25, 0.3) is 0 Å². The zero-order valence-corrected chi connectivity index (χ0v) is 7.83. The summed E-state index contributed by atoms with van der Waals surface area (Å²) in [6.45, 7) is 0. The van der Waals surface area contributed by atoms with E-state index in [1.807, 2.05) is 24.3 Å². The first-order valence-electron chi connectivity index (χ1n) is 3.93. The number of nitrogens with two attached hydrogens (primary N) is 1. The van der Waals surface area contributed by atoms with Gasteiger partial charge in [0.05, 0.1) is 0 Å². The van der Waals surface area contributed by atoms with Gasteiger partial charge in [-0.2, -0.15) is 0 Å². The first-order chi connectivity index (χ1) is 6.22. The van der Waals surface area contributed by atoms with Gasteiger partial charge in [-0.15, -0.1) is 0 Å². The molecule has 0 bridgehead atoms. The van der Waals surface area contributed by atoms with E-state index >= 15 is 0 Å². The van der Waals surface area contributed by atoms with E-state index in [1.165, 1.54) is 0 Å². The Morgan fingerprint density at radius 1 is 1.38 bits per heavy atom. The second-order valence-electron chi connectivity index (χ2n) is 2.72. The monoisotopic (exact) mass is 198 g/mol. The third kappa shape index (κ3) is 3.34. The van der Waals surface area contributed by atoms with Gasteiger partial charge in [-0.05, 0) is 24.1 Å². The van der Waals surface area contributed by atoms with Crippen molar-refractivity contribution in [2.75, 3.05) is 0 Å². The lowest BCUT2D eigenvalue weighted by molar-refractivity contribution is 0.317. The molecule has 3 N–H and O–H groups in total.